The van der Waals surface area contributed by atoms with Gasteiger partial charge >= 0.3 is 0 Å². The summed E-state index contributed by atoms with van der Waals surface area (Å²) < 4.78 is 2.41. The number of rotatable bonds is 5. The van der Waals surface area contributed by atoms with Crippen LogP contribution in [0.25, 0.3) is 71.6 Å². The lowest BCUT2D eigenvalue weighted by Crippen LogP contribution is -2.21. The Balaban J connectivity index is 1.11. The maximum absolute atomic E-state index is 2.60. The van der Waals surface area contributed by atoms with Crippen molar-refractivity contribution in [2.45, 2.75) is 38.5 Å². The van der Waals surface area contributed by atoms with Crippen LogP contribution in [0.5, 0.6) is 0 Å². The van der Waals surface area contributed by atoms with Crippen molar-refractivity contribution in [3.8, 4) is 39.1 Å². The predicted octanol–water partition coefficient (Wildman–Crippen LogP) is 15.7. The Kier molecular flexibility index (Phi) is 7.36. The van der Waals surface area contributed by atoms with Gasteiger partial charge in [-0.25, -0.2) is 0 Å². The Bertz CT molecular complexity index is 3340. The Labute approximate surface area is 351 Å². The molecule has 10 aromatic rings. The number of fused-ring (bicyclic) bond motifs is 10. The number of hydrogen-bond donors (Lipinski definition) is 0. The molecule has 0 bridgehead atoms. The summed E-state index contributed by atoms with van der Waals surface area (Å²) in [6, 6.07) is 72.3. The fourth-order valence-corrected chi connectivity index (χ4v) is 11.1. The van der Waals surface area contributed by atoms with Crippen LogP contribution in [0.4, 0.5) is 17.1 Å². The first-order valence-electron chi connectivity index (χ1n) is 21.2. The SMILES string of the molecule is CC1(C)c2ccccc2-c2c(N(c3cccc4c3C(C)(C)c3ccccc3-4)c3cccc4c(-c5cccc(-n6c7ccccc7c7ccccc76)c5)cccc34)cccc21. The lowest BCUT2D eigenvalue weighted by atomic mass is 9.81. The molecule has 0 amide bonds. The molecule has 2 nitrogen and oxygen atoms in total. The average Bonchev–Trinajstić information content (AvgIpc) is 3.84. The van der Waals surface area contributed by atoms with Crippen LogP contribution in [0.3, 0.4) is 0 Å². The summed E-state index contributed by atoms with van der Waals surface area (Å²) in [6.07, 6.45) is 0. The first kappa shape index (κ1) is 34.8. The number of anilines is 3. The number of hydrogen-bond acceptors (Lipinski definition) is 1. The summed E-state index contributed by atoms with van der Waals surface area (Å²) in [5.41, 5.74) is 20.0. The Morgan fingerprint density at radius 2 is 0.883 bits per heavy atom. The van der Waals surface area contributed by atoms with Crippen molar-refractivity contribution >= 4 is 49.6 Å². The summed E-state index contributed by atoms with van der Waals surface area (Å²) in [6.45, 7) is 9.56. The van der Waals surface area contributed by atoms with Gasteiger partial charge in [-0.05, 0) is 97.9 Å². The summed E-state index contributed by atoms with van der Waals surface area (Å²) in [4.78, 5) is 2.60. The number of nitrogens with zero attached hydrogens (tertiary/aromatic N) is 2. The summed E-state index contributed by atoms with van der Waals surface area (Å²) in [7, 11) is 0. The summed E-state index contributed by atoms with van der Waals surface area (Å²) >= 11 is 0. The highest BCUT2D eigenvalue weighted by molar-refractivity contribution is 6.10. The number of para-hydroxylation sites is 2. The van der Waals surface area contributed by atoms with Crippen LogP contribution in [-0.2, 0) is 10.8 Å². The van der Waals surface area contributed by atoms with Crippen LogP contribution >= 0.6 is 0 Å². The summed E-state index contributed by atoms with van der Waals surface area (Å²) in [5.74, 6) is 0. The van der Waals surface area contributed by atoms with Gasteiger partial charge in [0.05, 0.1) is 28.1 Å². The Morgan fingerprint density at radius 1 is 0.367 bits per heavy atom. The average molecular weight is 769 g/mol. The van der Waals surface area contributed by atoms with E-state index < -0.39 is 0 Å². The normalized spacial score (nSPS) is 14.3. The van der Waals surface area contributed by atoms with Crippen molar-refractivity contribution in [2.24, 2.45) is 0 Å². The second-order valence-electron chi connectivity index (χ2n) is 17.7. The zero-order valence-corrected chi connectivity index (χ0v) is 34.4. The van der Waals surface area contributed by atoms with Gasteiger partial charge in [0.2, 0.25) is 0 Å². The quantitative estimate of drug-likeness (QED) is 0.169. The molecule has 2 aliphatic carbocycles. The van der Waals surface area contributed by atoms with E-state index in [-0.39, 0.29) is 10.8 Å². The molecule has 2 heteroatoms. The minimum Gasteiger partial charge on any atom is -0.309 e. The number of aromatic nitrogens is 1. The van der Waals surface area contributed by atoms with Gasteiger partial charge in [-0.2, -0.15) is 0 Å². The van der Waals surface area contributed by atoms with E-state index in [9.17, 15) is 0 Å². The Morgan fingerprint density at radius 3 is 1.67 bits per heavy atom. The summed E-state index contributed by atoms with van der Waals surface area (Å²) in [5, 5.41) is 4.98. The fraction of sp³-hybridized carbons (Fsp3) is 0.103. The fourth-order valence-electron chi connectivity index (χ4n) is 11.1. The molecule has 0 saturated carbocycles. The standard InChI is InChI=1S/C58H44N2/c1-57(2)48-29-10-6-23-46(48)55-49(57)30-17-34-53(55)60(54-35-16-27-45-41-20-5-9-28-47(41)58(3,4)56(45)54)52-33-15-25-40-39(24-14-26-42(40)52)37-18-13-19-38(36-37)59-50-31-11-7-21-43(50)44-22-8-12-32-51(44)59/h5-36H,1-4H3. The molecule has 0 unspecified atom stereocenters. The molecule has 12 rings (SSSR count). The Hall–Kier alpha value is -7.16. The number of benzene rings is 9. The molecular formula is C58H44N2. The van der Waals surface area contributed by atoms with E-state index in [1.807, 2.05) is 0 Å². The van der Waals surface area contributed by atoms with Crippen LogP contribution < -0.4 is 4.90 Å². The van der Waals surface area contributed by atoms with Gasteiger partial charge in [0.1, 0.15) is 0 Å². The predicted molar refractivity (Wildman–Crippen MR) is 254 cm³/mol. The third kappa shape index (κ3) is 4.76. The molecule has 0 spiro atoms. The monoisotopic (exact) mass is 768 g/mol. The van der Waals surface area contributed by atoms with E-state index in [1.165, 1.54) is 105 Å². The topological polar surface area (TPSA) is 8.17 Å². The van der Waals surface area contributed by atoms with Crippen molar-refractivity contribution in [1.82, 2.24) is 4.57 Å². The highest BCUT2D eigenvalue weighted by Gasteiger charge is 2.41. The first-order valence-corrected chi connectivity index (χ1v) is 21.2. The second-order valence-corrected chi connectivity index (χ2v) is 17.7. The third-order valence-electron chi connectivity index (χ3n) is 13.8. The maximum Gasteiger partial charge on any atom is 0.0543 e. The van der Waals surface area contributed by atoms with E-state index in [1.54, 1.807) is 0 Å². The van der Waals surface area contributed by atoms with Crippen LogP contribution in [0.1, 0.15) is 49.9 Å². The van der Waals surface area contributed by atoms with Gasteiger partial charge in [-0.15, -0.1) is 0 Å². The molecule has 9 aromatic carbocycles. The third-order valence-corrected chi connectivity index (χ3v) is 13.8. The van der Waals surface area contributed by atoms with Crippen molar-refractivity contribution in [2.75, 3.05) is 4.90 Å². The zero-order valence-electron chi connectivity index (χ0n) is 34.4. The largest absolute Gasteiger partial charge is 0.309 e. The molecule has 60 heavy (non-hydrogen) atoms. The molecule has 0 aliphatic heterocycles. The minimum atomic E-state index is -0.209. The van der Waals surface area contributed by atoms with Crippen molar-refractivity contribution in [1.29, 1.82) is 0 Å². The van der Waals surface area contributed by atoms with Gasteiger partial charge in [-0.1, -0.05) is 179 Å². The van der Waals surface area contributed by atoms with E-state index in [0.717, 1.165) is 5.69 Å². The van der Waals surface area contributed by atoms with E-state index >= 15 is 0 Å². The zero-order chi connectivity index (χ0) is 40.3. The molecule has 0 atom stereocenters. The van der Waals surface area contributed by atoms with Gasteiger partial charge < -0.3 is 9.47 Å². The maximum atomic E-state index is 2.60. The second kappa shape index (κ2) is 12.7. The lowest BCUT2D eigenvalue weighted by molar-refractivity contribution is 0.659. The molecule has 1 heterocycles. The molecule has 0 radical (unpaired) electrons. The van der Waals surface area contributed by atoms with Crippen LogP contribution in [0, 0.1) is 0 Å². The van der Waals surface area contributed by atoms with Gasteiger partial charge in [-0.3, -0.25) is 0 Å². The van der Waals surface area contributed by atoms with Crippen LogP contribution in [0.15, 0.2) is 194 Å². The van der Waals surface area contributed by atoms with Gasteiger partial charge in [0.25, 0.3) is 0 Å². The highest BCUT2D eigenvalue weighted by atomic mass is 15.2. The highest BCUT2D eigenvalue weighted by Crippen LogP contribution is 2.58. The molecular weight excluding hydrogens is 725 g/mol. The van der Waals surface area contributed by atoms with Gasteiger partial charge in [0.15, 0.2) is 0 Å². The van der Waals surface area contributed by atoms with E-state index in [0.29, 0.717) is 0 Å². The molecule has 1 aromatic heterocycles. The van der Waals surface area contributed by atoms with E-state index in [2.05, 4.69) is 231 Å². The molecule has 0 N–H and O–H groups in total. The molecule has 286 valence electrons. The van der Waals surface area contributed by atoms with Crippen molar-refractivity contribution < 1.29 is 0 Å². The van der Waals surface area contributed by atoms with Crippen molar-refractivity contribution in [3.63, 3.8) is 0 Å². The minimum absolute atomic E-state index is 0.130. The first-order chi connectivity index (χ1) is 29.3. The van der Waals surface area contributed by atoms with Crippen molar-refractivity contribution in [3.05, 3.63) is 216 Å². The van der Waals surface area contributed by atoms with Crippen LogP contribution in [-0.4, -0.2) is 4.57 Å². The molecule has 0 fully saturated rings. The van der Waals surface area contributed by atoms with E-state index in [4.69, 9.17) is 0 Å². The molecule has 2 aliphatic rings. The smallest absolute Gasteiger partial charge is 0.0543 e. The molecule has 0 saturated heterocycles. The van der Waals surface area contributed by atoms with Gasteiger partial charge in [0, 0.05) is 38.2 Å². The van der Waals surface area contributed by atoms with Crippen LogP contribution in [0.2, 0.25) is 0 Å². The lowest BCUT2D eigenvalue weighted by Gasteiger charge is -2.34.